The van der Waals surface area contributed by atoms with Gasteiger partial charge < -0.3 is 10.6 Å². The maximum atomic E-state index is 11.8. The first-order valence-corrected chi connectivity index (χ1v) is 7.84. The molecule has 1 aliphatic rings. The Balaban J connectivity index is 2.09. The Kier molecular flexibility index (Phi) is 8.07. The highest BCUT2D eigenvalue weighted by Crippen LogP contribution is 2.09. The third-order valence-electron chi connectivity index (χ3n) is 3.68. The summed E-state index contributed by atoms with van der Waals surface area (Å²) in [5.74, 6) is 0.835. The molecule has 1 aliphatic heterocycles. The van der Waals surface area contributed by atoms with Gasteiger partial charge in [-0.1, -0.05) is 20.8 Å². The molecule has 0 spiro atoms. The summed E-state index contributed by atoms with van der Waals surface area (Å²) >= 11 is 0. The number of carbonyl (C=O) groups excluding carboxylic acids is 1. The number of rotatable bonds is 8. The maximum absolute atomic E-state index is 11.8. The van der Waals surface area contributed by atoms with E-state index in [2.05, 4.69) is 36.3 Å². The van der Waals surface area contributed by atoms with Gasteiger partial charge in [0.25, 0.3) is 0 Å². The van der Waals surface area contributed by atoms with Gasteiger partial charge in [0.1, 0.15) is 0 Å². The van der Waals surface area contributed by atoms with Crippen molar-refractivity contribution in [1.29, 1.82) is 0 Å². The van der Waals surface area contributed by atoms with Crippen molar-refractivity contribution in [2.75, 3.05) is 32.7 Å². The van der Waals surface area contributed by atoms with Gasteiger partial charge in [-0.2, -0.15) is 0 Å². The smallest absolute Gasteiger partial charge is 0.234 e. The number of piperidine rings is 1. The van der Waals surface area contributed by atoms with Crippen molar-refractivity contribution in [1.82, 2.24) is 15.5 Å². The fourth-order valence-electron chi connectivity index (χ4n) is 2.40. The number of nitrogens with zero attached hydrogens (tertiary/aromatic N) is 1. The zero-order chi connectivity index (χ0) is 14.1. The molecule has 0 aromatic carbocycles. The topological polar surface area (TPSA) is 44.4 Å². The minimum absolute atomic E-state index is 0.181. The molecule has 1 fully saturated rings. The molecule has 19 heavy (non-hydrogen) atoms. The van der Waals surface area contributed by atoms with Crippen LogP contribution in [0.1, 0.15) is 46.5 Å². The van der Waals surface area contributed by atoms with Crippen LogP contribution in [0.4, 0.5) is 0 Å². The van der Waals surface area contributed by atoms with Crippen LogP contribution in [0, 0.1) is 5.92 Å². The molecule has 0 radical (unpaired) electrons. The Labute approximate surface area is 118 Å². The van der Waals surface area contributed by atoms with E-state index in [-0.39, 0.29) is 5.91 Å². The molecule has 4 heteroatoms. The molecule has 0 aliphatic carbocycles. The summed E-state index contributed by atoms with van der Waals surface area (Å²) < 4.78 is 0. The minimum atomic E-state index is 0.181. The standard InChI is InChI=1S/C15H31N3O/c1-4-8-16-14-6-10-18(11-7-14)12-15(19)17-9-5-13(2)3/h13-14,16H,4-12H2,1-3H3,(H,17,19). The molecule has 0 aromatic heterocycles. The SMILES string of the molecule is CCCNC1CCN(CC(=O)NCCC(C)C)CC1. The molecule has 1 rings (SSSR count). The van der Waals surface area contributed by atoms with E-state index >= 15 is 0 Å². The summed E-state index contributed by atoms with van der Waals surface area (Å²) in [6.07, 6.45) is 4.59. The van der Waals surface area contributed by atoms with Crippen LogP contribution in [-0.4, -0.2) is 49.6 Å². The van der Waals surface area contributed by atoms with E-state index in [0.717, 1.165) is 32.6 Å². The Morgan fingerprint density at radius 3 is 2.53 bits per heavy atom. The zero-order valence-electron chi connectivity index (χ0n) is 12.9. The van der Waals surface area contributed by atoms with Crippen molar-refractivity contribution in [3.8, 4) is 0 Å². The lowest BCUT2D eigenvalue weighted by Gasteiger charge is -2.31. The second-order valence-electron chi connectivity index (χ2n) is 6.04. The van der Waals surface area contributed by atoms with Crippen molar-refractivity contribution in [2.45, 2.75) is 52.5 Å². The van der Waals surface area contributed by atoms with Crippen LogP contribution in [0.2, 0.25) is 0 Å². The highest BCUT2D eigenvalue weighted by Gasteiger charge is 2.19. The van der Waals surface area contributed by atoms with Gasteiger partial charge in [-0.25, -0.2) is 0 Å². The van der Waals surface area contributed by atoms with Crippen LogP contribution in [-0.2, 0) is 4.79 Å². The Bertz CT molecular complexity index is 248. The molecule has 1 saturated heterocycles. The van der Waals surface area contributed by atoms with Gasteiger partial charge in [0, 0.05) is 25.7 Å². The third kappa shape index (κ3) is 7.53. The lowest BCUT2D eigenvalue weighted by molar-refractivity contribution is -0.122. The predicted molar refractivity (Wildman–Crippen MR) is 80.2 cm³/mol. The van der Waals surface area contributed by atoms with Crippen LogP contribution in [0.3, 0.4) is 0 Å². The lowest BCUT2D eigenvalue weighted by atomic mass is 10.0. The summed E-state index contributed by atoms with van der Waals surface area (Å²) in [6, 6.07) is 0.653. The van der Waals surface area contributed by atoms with Crippen molar-refractivity contribution in [3.63, 3.8) is 0 Å². The molecule has 0 atom stereocenters. The molecular weight excluding hydrogens is 238 g/mol. The summed E-state index contributed by atoms with van der Waals surface area (Å²) in [5, 5.41) is 6.58. The van der Waals surface area contributed by atoms with E-state index in [1.54, 1.807) is 0 Å². The van der Waals surface area contributed by atoms with Gasteiger partial charge in [0.15, 0.2) is 0 Å². The van der Waals surface area contributed by atoms with Gasteiger partial charge in [-0.15, -0.1) is 0 Å². The monoisotopic (exact) mass is 269 g/mol. The van der Waals surface area contributed by atoms with Crippen molar-refractivity contribution in [3.05, 3.63) is 0 Å². The molecule has 0 unspecified atom stereocenters. The molecule has 1 amide bonds. The average Bonchev–Trinajstić information content (AvgIpc) is 2.37. The average molecular weight is 269 g/mol. The molecule has 0 bridgehead atoms. The van der Waals surface area contributed by atoms with Gasteiger partial charge in [-0.3, -0.25) is 9.69 Å². The fraction of sp³-hybridized carbons (Fsp3) is 0.933. The molecule has 4 nitrogen and oxygen atoms in total. The van der Waals surface area contributed by atoms with Gasteiger partial charge in [0.05, 0.1) is 6.54 Å². The van der Waals surface area contributed by atoms with Gasteiger partial charge in [-0.05, 0) is 38.1 Å². The number of likely N-dealkylation sites (tertiary alicyclic amines) is 1. The van der Waals surface area contributed by atoms with Gasteiger partial charge >= 0.3 is 0 Å². The minimum Gasteiger partial charge on any atom is -0.355 e. The number of carbonyl (C=O) groups is 1. The quantitative estimate of drug-likeness (QED) is 0.704. The van der Waals surface area contributed by atoms with Crippen LogP contribution in [0.5, 0.6) is 0 Å². The highest BCUT2D eigenvalue weighted by atomic mass is 16.2. The summed E-state index contributed by atoms with van der Waals surface area (Å²) in [6.45, 7) is 11.1. The predicted octanol–water partition coefficient (Wildman–Crippen LogP) is 1.61. The van der Waals surface area contributed by atoms with E-state index in [1.807, 2.05) is 0 Å². The number of hydrogen-bond acceptors (Lipinski definition) is 3. The Hall–Kier alpha value is -0.610. The molecule has 2 N–H and O–H groups in total. The van der Waals surface area contributed by atoms with Crippen molar-refractivity contribution >= 4 is 5.91 Å². The second kappa shape index (κ2) is 9.32. The van der Waals surface area contributed by atoms with Crippen LogP contribution in [0.25, 0.3) is 0 Å². The summed E-state index contributed by atoms with van der Waals surface area (Å²) in [7, 11) is 0. The van der Waals surface area contributed by atoms with E-state index < -0.39 is 0 Å². The highest BCUT2D eigenvalue weighted by molar-refractivity contribution is 5.77. The molecule has 112 valence electrons. The number of hydrogen-bond donors (Lipinski definition) is 2. The van der Waals surface area contributed by atoms with E-state index in [0.29, 0.717) is 18.5 Å². The van der Waals surface area contributed by atoms with Crippen molar-refractivity contribution in [2.24, 2.45) is 5.92 Å². The van der Waals surface area contributed by atoms with E-state index in [4.69, 9.17) is 0 Å². The molecule has 0 aromatic rings. The second-order valence-corrected chi connectivity index (χ2v) is 6.04. The number of amides is 1. The first-order valence-electron chi connectivity index (χ1n) is 7.84. The Morgan fingerprint density at radius 2 is 1.95 bits per heavy atom. The molecule has 1 heterocycles. The summed E-state index contributed by atoms with van der Waals surface area (Å²) in [5.41, 5.74) is 0. The maximum Gasteiger partial charge on any atom is 0.234 e. The van der Waals surface area contributed by atoms with Crippen LogP contribution in [0.15, 0.2) is 0 Å². The fourth-order valence-corrected chi connectivity index (χ4v) is 2.40. The largest absolute Gasteiger partial charge is 0.355 e. The normalized spacial score (nSPS) is 17.9. The Morgan fingerprint density at radius 1 is 1.26 bits per heavy atom. The first-order chi connectivity index (χ1) is 9.11. The van der Waals surface area contributed by atoms with E-state index in [1.165, 1.54) is 19.3 Å². The van der Waals surface area contributed by atoms with Crippen LogP contribution >= 0.6 is 0 Å². The summed E-state index contributed by atoms with van der Waals surface area (Å²) in [4.78, 5) is 14.1. The first kappa shape index (κ1) is 16.4. The number of nitrogens with one attached hydrogen (secondary N) is 2. The molecular formula is C15H31N3O. The van der Waals surface area contributed by atoms with Crippen molar-refractivity contribution < 1.29 is 4.79 Å². The third-order valence-corrected chi connectivity index (χ3v) is 3.68. The zero-order valence-corrected chi connectivity index (χ0v) is 12.9. The lowest BCUT2D eigenvalue weighted by Crippen LogP contribution is -2.46. The van der Waals surface area contributed by atoms with E-state index in [9.17, 15) is 4.79 Å². The van der Waals surface area contributed by atoms with Crippen LogP contribution < -0.4 is 10.6 Å². The van der Waals surface area contributed by atoms with Gasteiger partial charge in [0.2, 0.25) is 5.91 Å². The molecule has 0 saturated carbocycles.